The number of anilines is 1. The number of ketones is 1. The molecule has 0 aliphatic heterocycles. The van der Waals surface area contributed by atoms with E-state index in [-0.39, 0.29) is 22.3 Å². The summed E-state index contributed by atoms with van der Waals surface area (Å²) in [5.74, 6) is -0.110. The van der Waals surface area contributed by atoms with Gasteiger partial charge in [-0.1, -0.05) is 36.2 Å². The maximum Gasteiger partial charge on any atom is 0.274 e. The summed E-state index contributed by atoms with van der Waals surface area (Å²) < 4.78 is 0. The summed E-state index contributed by atoms with van der Waals surface area (Å²) in [5, 5.41) is 15.4. The molecule has 2 atom stereocenters. The van der Waals surface area contributed by atoms with Crippen LogP contribution in [0.2, 0.25) is 5.02 Å². The van der Waals surface area contributed by atoms with Gasteiger partial charge in [-0.05, 0) is 37.1 Å². The molecule has 2 aromatic rings. The Labute approximate surface area is 151 Å². The van der Waals surface area contributed by atoms with Crippen molar-refractivity contribution in [1.29, 1.82) is 0 Å². The van der Waals surface area contributed by atoms with Gasteiger partial charge in [0.25, 0.3) is 5.69 Å². The van der Waals surface area contributed by atoms with Crippen molar-refractivity contribution in [3.63, 3.8) is 0 Å². The van der Waals surface area contributed by atoms with Gasteiger partial charge in [-0.25, -0.2) is 0 Å². The minimum absolute atomic E-state index is 0.0346. The van der Waals surface area contributed by atoms with Crippen LogP contribution in [-0.4, -0.2) is 10.7 Å². The number of halogens is 1. The number of nitro groups is 1. The number of nitro benzene ring substituents is 1. The normalized spacial score (nSPS) is 18.6. The molecule has 6 heteroatoms. The Morgan fingerprint density at radius 3 is 2.52 bits per heavy atom. The average Bonchev–Trinajstić information content (AvgIpc) is 2.62. The summed E-state index contributed by atoms with van der Waals surface area (Å²) >= 11 is 5.93. The summed E-state index contributed by atoms with van der Waals surface area (Å²) in [5.41, 5.74) is 1.36. The Hall–Kier alpha value is -2.40. The van der Waals surface area contributed by atoms with Gasteiger partial charge in [0.1, 0.15) is 5.78 Å². The van der Waals surface area contributed by atoms with Gasteiger partial charge >= 0.3 is 0 Å². The third kappa shape index (κ3) is 3.99. The average molecular weight is 359 g/mol. The minimum Gasteiger partial charge on any atom is -0.377 e. The number of rotatable bonds is 5. The van der Waals surface area contributed by atoms with Gasteiger partial charge in [-0.3, -0.25) is 14.9 Å². The smallest absolute Gasteiger partial charge is 0.274 e. The monoisotopic (exact) mass is 358 g/mol. The number of benzene rings is 2. The molecule has 0 aromatic heterocycles. The van der Waals surface area contributed by atoms with Crippen molar-refractivity contribution in [3.05, 3.63) is 69.2 Å². The maximum atomic E-state index is 12.5. The molecule has 1 fully saturated rings. The molecule has 1 saturated carbocycles. The lowest BCUT2D eigenvalue weighted by Crippen LogP contribution is -2.30. The third-order valence-corrected chi connectivity index (χ3v) is 4.89. The second kappa shape index (κ2) is 7.66. The predicted molar refractivity (Wildman–Crippen MR) is 97.9 cm³/mol. The van der Waals surface area contributed by atoms with Gasteiger partial charge < -0.3 is 5.32 Å². The van der Waals surface area contributed by atoms with Crippen LogP contribution in [0, 0.1) is 16.0 Å². The van der Waals surface area contributed by atoms with Gasteiger partial charge in [0.05, 0.1) is 16.5 Å². The molecule has 0 unspecified atom stereocenters. The zero-order chi connectivity index (χ0) is 17.8. The first-order chi connectivity index (χ1) is 12.1. The van der Waals surface area contributed by atoms with E-state index in [1.165, 1.54) is 6.07 Å². The molecule has 3 rings (SSSR count). The summed E-state index contributed by atoms with van der Waals surface area (Å²) in [6.45, 7) is 0. The largest absolute Gasteiger partial charge is 0.377 e. The van der Waals surface area contributed by atoms with Crippen LogP contribution in [0.1, 0.15) is 37.3 Å². The van der Waals surface area contributed by atoms with Crippen LogP contribution in [-0.2, 0) is 4.79 Å². The lowest BCUT2D eigenvalue weighted by atomic mass is 9.79. The van der Waals surface area contributed by atoms with E-state index in [4.69, 9.17) is 11.6 Å². The van der Waals surface area contributed by atoms with Crippen LogP contribution in [0.4, 0.5) is 11.4 Å². The van der Waals surface area contributed by atoms with Crippen molar-refractivity contribution in [2.45, 2.75) is 31.7 Å². The van der Waals surface area contributed by atoms with Crippen LogP contribution < -0.4 is 5.32 Å². The molecule has 0 radical (unpaired) electrons. The number of hydrogen-bond acceptors (Lipinski definition) is 4. The van der Waals surface area contributed by atoms with Crippen LogP contribution in [0.5, 0.6) is 0 Å². The number of nitrogens with zero attached hydrogens (tertiary/aromatic N) is 1. The number of hydrogen-bond donors (Lipinski definition) is 1. The molecule has 1 aliphatic carbocycles. The maximum absolute atomic E-state index is 12.5. The molecule has 5 nitrogen and oxygen atoms in total. The standard InChI is InChI=1S/C19H19ClN2O3/c20-13-9-11-14(12-10-13)21-19(16-6-2-4-8-18(16)23)15-5-1-3-7-17(15)22(24)25/h1,3,5,7,9-12,16,19,21H,2,4,6,8H2/t16-,19-/m1/s1. The van der Waals surface area contributed by atoms with Crippen LogP contribution in [0.15, 0.2) is 48.5 Å². The molecule has 1 N–H and O–H groups in total. The Morgan fingerprint density at radius 2 is 1.84 bits per heavy atom. The molecule has 0 bridgehead atoms. The molecule has 0 spiro atoms. The fraction of sp³-hybridized carbons (Fsp3) is 0.316. The first-order valence-corrected chi connectivity index (χ1v) is 8.72. The molecule has 130 valence electrons. The molecule has 0 saturated heterocycles. The molecular weight excluding hydrogens is 340 g/mol. The van der Waals surface area contributed by atoms with Crippen molar-refractivity contribution >= 4 is 28.8 Å². The van der Waals surface area contributed by atoms with E-state index >= 15 is 0 Å². The second-order valence-electron chi connectivity index (χ2n) is 6.26. The van der Waals surface area contributed by atoms with Crippen LogP contribution in [0.3, 0.4) is 0 Å². The third-order valence-electron chi connectivity index (χ3n) is 4.64. The fourth-order valence-electron chi connectivity index (χ4n) is 3.40. The number of carbonyl (C=O) groups is 1. The van der Waals surface area contributed by atoms with E-state index in [1.807, 2.05) is 12.1 Å². The minimum atomic E-state index is -0.435. The number of Topliss-reactive ketones (excluding diaryl/α,β-unsaturated/α-hetero) is 1. The van der Waals surface area contributed by atoms with Crippen molar-refractivity contribution < 1.29 is 9.72 Å². The van der Waals surface area contributed by atoms with E-state index in [1.54, 1.807) is 30.3 Å². The van der Waals surface area contributed by atoms with Crippen molar-refractivity contribution in [2.24, 2.45) is 5.92 Å². The van der Waals surface area contributed by atoms with Gasteiger partial charge in [0, 0.05) is 29.1 Å². The van der Waals surface area contributed by atoms with E-state index < -0.39 is 6.04 Å². The Bertz CT molecular complexity index is 776. The molecule has 0 amide bonds. The number of carbonyl (C=O) groups excluding carboxylic acids is 1. The lowest BCUT2D eigenvalue weighted by Gasteiger charge is -2.30. The van der Waals surface area contributed by atoms with E-state index in [2.05, 4.69) is 5.32 Å². The lowest BCUT2D eigenvalue weighted by molar-refractivity contribution is -0.385. The Morgan fingerprint density at radius 1 is 1.12 bits per heavy atom. The van der Waals surface area contributed by atoms with E-state index in [0.717, 1.165) is 24.9 Å². The second-order valence-corrected chi connectivity index (χ2v) is 6.70. The Kier molecular flexibility index (Phi) is 5.34. The molecular formula is C19H19ClN2O3. The quantitative estimate of drug-likeness (QED) is 0.591. The highest BCUT2D eigenvalue weighted by Gasteiger charge is 2.34. The SMILES string of the molecule is O=C1CCCC[C@H]1[C@H](Nc1ccc(Cl)cc1)c1ccccc1[N+](=O)[O-]. The first kappa shape index (κ1) is 17.4. The summed E-state index contributed by atoms with van der Waals surface area (Å²) in [7, 11) is 0. The van der Waals surface area contributed by atoms with Gasteiger partial charge in [-0.15, -0.1) is 0 Å². The zero-order valence-electron chi connectivity index (χ0n) is 13.7. The van der Waals surface area contributed by atoms with Crippen molar-refractivity contribution in [1.82, 2.24) is 0 Å². The summed E-state index contributed by atoms with van der Waals surface area (Å²) in [6, 6.07) is 13.3. The van der Waals surface area contributed by atoms with Crippen LogP contribution in [0.25, 0.3) is 0 Å². The molecule has 1 aliphatic rings. The van der Waals surface area contributed by atoms with Crippen molar-refractivity contribution in [2.75, 3.05) is 5.32 Å². The predicted octanol–water partition coefficient (Wildman–Crippen LogP) is 5.16. The van der Waals surface area contributed by atoms with Gasteiger partial charge in [-0.2, -0.15) is 0 Å². The Balaban J connectivity index is 2.01. The fourth-order valence-corrected chi connectivity index (χ4v) is 3.53. The molecule has 2 aromatic carbocycles. The highest BCUT2D eigenvalue weighted by molar-refractivity contribution is 6.30. The van der Waals surface area contributed by atoms with E-state index in [0.29, 0.717) is 17.0 Å². The van der Waals surface area contributed by atoms with Gasteiger partial charge in [0.2, 0.25) is 0 Å². The molecule has 0 heterocycles. The van der Waals surface area contributed by atoms with Crippen LogP contribution >= 0.6 is 11.6 Å². The molecule has 25 heavy (non-hydrogen) atoms. The highest BCUT2D eigenvalue weighted by Crippen LogP contribution is 2.38. The first-order valence-electron chi connectivity index (χ1n) is 8.34. The van der Waals surface area contributed by atoms with E-state index in [9.17, 15) is 14.9 Å². The van der Waals surface area contributed by atoms with Gasteiger partial charge in [0.15, 0.2) is 0 Å². The van der Waals surface area contributed by atoms with Crippen molar-refractivity contribution in [3.8, 4) is 0 Å². The summed E-state index contributed by atoms with van der Waals surface area (Å²) in [4.78, 5) is 23.6. The topological polar surface area (TPSA) is 72.2 Å². The summed E-state index contributed by atoms with van der Waals surface area (Å²) in [6.07, 6.45) is 3.11. The number of nitrogens with one attached hydrogen (secondary N) is 1. The number of para-hydroxylation sites is 1. The highest BCUT2D eigenvalue weighted by atomic mass is 35.5. The zero-order valence-corrected chi connectivity index (χ0v) is 14.4.